The first-order valence-electron chi connectivity index (χ1n) is 4.24. The molecule has 0 aliphatic carbocycles. The molecule has 1 heterocycles. The van der Waals surface area contributed by atoms with Crippen LogP contribution < -0.4 is 0 Å². The minimum atomic E-state index is -0.966. The van der Waals surface area contributed by atoms with E-state index in [0.717, 1.165) is 15.7 Å². The van der Waals surface area contributed by atoms with Gasteiger partial charge < -0.3 is 5.11 Å². The molecule has 0 saturated carbocycles. The van der Waals surface area contributed by atoms with E-state index in [2.05, 4.69) is 0 Å². The summed E-state index contributed by atoms with van der Waals surface area (Å²) in [6.07, 6.45) is 2.16. The van der Waals surface area contributed by atoms with Gasteiger partial charge in [0, 0.05) is 12.4 Å². The molecule has 1 aromatic heterocycles. The Morgan fingerprint density at radius 1 is 1.07 bits per heavy atom. The van der Waals surface area contributed by atoms with Crippen molar-refractivity contribution in [2.24, 2.45) is 0 Å². The average Bonchev–Trinajstić information content (AvgIpc) is 2.68. The van der Waals surface area contributed by atoms with E-state index in [-0.39, 0.29) is 0 Å². The molecule has 0 bridgehead atoms. The Labute approximate surface area is 81.2 Å². The van der Waals surface area contributed by atoms with Crippen LogP contribution in [-0.2, 0) is 0 Å². The molecule has 0 radical (unpaired) electrons. The fourth-order valence-corrected chi connectivity index (χ4v) is 1.32. The third-order valence-electron chi connectivity index (χ3n) is 2.02. The smallest absolute Gasteiger partial charge is 0.415 e. The van der Waals surface area contributed by atoms with Gasteiger partial charge in [-0.1, -0.05) is 30.3 Å². The van der Waals surface area contributed by atoms with Gasteiger partial charge in [0.05, 0.1) is 0 Å². The van der Waals surface area contributed by atoms with E-state index in [4.69, 9.17) is 5.11 Å². The standard InChI is InChI=1S/C11H9NO2/c13-11(14)12-7-6-10(8-12)9-4-2-1-3-5-9/h1-8H,(H,13,14). The third kappa shape index (κ3) is 1.52. The maximum Gasteiger partial charge on any atom is 0.415 e. The summed E-state index contributed by atoms with van der Waals surface area (Å²) < 4.78 is 1.14. The first-order valence-corrected chi connectivity index (χ1v) is 4.24. The van der Waals surface area contributed by atoms with Gasteiger partial charge in [-0.15, -0.1) is 0 Å². The van der Waals surface area contributed by atoms with Crippen molar-refractivity contribution in [2.75, 3.05) is 0 Å². The molecule has 2 rings (SSSR count). The zero-order chi connectivity index (χ0) is 9.97. The number of rotatable bonds is 1. The number of benzene rings is 1. The Balaban J connectivity index is 2.39. The van der Waals surface area contributed by atoms with Crippen molar-refractivity contribution in [3.05, 3.63) is 48.8 Å². The molecule has 0 unspecified atom stereocenters. The summed E-state index contributed by atoms with van der Waals surface area (Å²) in [7, 11) is 0. The molecule has 70 valence electrons. The van der Waals surface area contributed by atoms with Gasteiger partial charge in [-0.2, -0.15) is 0 Å². The molecule has 0 amide bonds. The molecule has 0 spiro atoms. The minimum absolute atomic E-state index is 0.910. The molecule has 0 saturated heterocycles. The van der Waals surface area contributed by atoms with E-state index in [1.165, 1.54) is 6.20 Å². The fraction of sp³-hybridized carbons (Fsp3) is 0. The number of aromatic nitrogens is 1. The van der Waals surface area contributed by atoms with Crippen LogP contribution in [0.15, 0.2) is 48.8 Å². The number of carbonyl (C=O) groups is 1. The Kier molecular flexibility index (Phi) is 2.07. The SMILES string of the molecule is O=C(O)n1ccc(-c2ccccc2)c1. The van der Waals surface area contributed by atoms with Crippen molar-refractivity contribution < 1.29 is 9.90 Å². The zero-order valence-corrected chi connectivity index (χ0v) is 7.42. The summed E-state index contributed by atoms with van der Waals surface area (Å²) in [5.41, 5.74) is 1.93. The third-order valence-corrected chi connectivity index (χ3v) is 2.02. The Morgan fingerprint density at radius 2 is 1.79 bits per heavy atom. The number of carboxylic acid groups (broad SMARTS) is 1. The van der Waals surface area contributed by atoms with E-state index < -0.39 is 6.09 Å². The summed E-state index contributed by atoms with van der Waals surface area (Å²) in [6.45, 7) is 0. The highest BCUT2D eigenvalue weighted by Crippen LogP contribution is 2.18. The molecule has 3 nitrogen and oxygen atoms in total. The van der Waals surface area contributed by atoms with Crippen LogP contribution in [0.3, 0.4) is 0 Å². The summed E-state index contributed by atoms with van der Waals surface area (Å²) in [6, 6.07) is 11.4. The van der Waals surface area contributed by atoms with Gasteiger partial charge in [0.25, 0.3) is 0 Å². The molecule has 1 N–H and O–H groups in total. The van der Waals surface area contributed by atoms with Crippen molar-refractivity contribution in [1.29, 1.82) is 0 Å². The van der Waals surface area contributed by atoms with E-state index in [0.29, 0.717) is 0 Å². The molecule has 0 atom stereocenters. The number of nitrogens with zero attached hydrogens (tertiary/aromatic N) is 1. The molecule has 2 aromatic rings. The maximum atomic E-state index is 10.6. The molecular weight excluding hydrogens is 178 g/mol. The Hall–Kier alpha value is -2.03. The summed E-state index contributed by atoms with van der Waals surface area (Å²) in [4.78, 5) is 10.6. The highest BCUT2D eigenvalue weighted by molar-refractivity contribution is 5.72. The van der Waals surface area contributed by atoms with E-state index in [1.54, 1.807) is 12.3 Å². The second kappa shape index (κ2) is 3.38. The van der Waals surface area contributed by atoms with Crippen LogP contribution in [-0.4, -0.2) is 15.8 Å². The van der Waals surface area contributed by atoms with Crippen LogP contribution in [0.5, 0.6) is 0 Å². The first-order chi connectivity index (χ1) is 6.77. The normalized spacial score (nSPS) is 10.0. The van der Waals surface area contributed by atoms with Gasteiger partial charge in [0.15, 0.2) is 0 Å². The Morgan fingerprint density at radius 3 is 2.36 bits per heavy atom. The van der Waals surface area contributed by atoms with E-state index >= 15 is 0 Å². The zero-order valence-electron chi connectivity index (χ0n) is 7.42. The lowest BCUT2D eigenvalue weighted by atomic mass is 10.1. The van der Waals surface area contributed by atoms with Crippen molar-refractivity contribution in [2.45, 2.75) is 0 Å². The second-order valence-corrected chi connectivity index (χ2v) is 2.96. The molecule has 1 aromatic carbocycles. The van der Waals surface area contributed by atoms with Gasteiger partial charge >= 0.3 is 6.09 Å². The van der Waals surface area contributed by atoms with Crippen LogP contribution in [0.25, 0.3) is 11.1 Å². The lowest BCUT2D eigenvalue weighted by molar-refractivity contribution is 0.196. The van der Waals surface area contributed by atoms with Crippen molar-refractivity contribution >= 4 is 6.09 Å². The monoisotopic (exact) mass is 187 g/mol. The largest absolute Gasteiger partial charge is 0.464 e. The Bertz CT molecular complexity index is 445. The van der Waals surface area contributed by atoms with Crippen molar-refractivity contribution in [1.82, 2.24) is 4.57 Å². The lowest BCUT2D eigenvalue weighted by Gasteiger charge is -1.95. The minimum Gasteiger partial charge on any atom is -0.464 e. The number of hydrogen-bond donors (Lipinski definition) is 1. The second-order valence-electron chi connectivity index (χ2n) is 2.96. The van der Waals surface area contributed by atoms with E-state index in [9.17, 15) is 4.79 Å². The first kappa shape index (κ1) is 8.56. The highest BCUT2D eigenvalue weighted by Gasteiger charge is 2.03. The molecule has 0 fully saturated rings. The maximum absolute atomic E-state index is 10.6. The van der Waals surface area contributed by atoms with Crippen LogP contribution >= 0.6 is 0 Å². The molecule has 3 heteroatoms. The topological polar surface area (TPSA) is 42.2 Å². The quantitative estimate of drug-likeness (QED) is 0.745. The van der Waals surface area contributed by atoms with Gasteiger partial charge in [-0.25, -0.2) is 4.79 Å². The van der Waals surface area contributed by atoms with Crippen LogP contribution in [0.2, 0.25) is 0 Å². The average molecular weight is 187 g/mol. The predicted molar refractivity (Wildman–Crippen MR) is 53.3 cm³/mol. The molecule has 0 aliphatic rings. The van der Waals surface area contributed by atoms with Crippen molar-refractivity contribution in [3.8, 4) is 11.1 Å². The van der Waals surface area contributed by atoms with Gasteiger partial charge in [-0.05, 0) is 17.2 Å². The van der Waals surface area contributed by atoms with Gasteiger partial charge in [-0.3, -0.25) is 4.57 Å². The lowest BCUT2D eigenvalue weighted by Crippen LogP contribution is -2.03. The van der Waals surface area contributed by atoms with Crippen LogP contribution in [0.1, 0.15) is 0 Å². The van der Waals surface area contributed by atoms with Crippen molar-refractivity contribution in [3.63, 3.8) is 0 Å². The molecule has 0 aliphatic heterocycles. The van der Waals surface area contributed by atoms with E-state index in [1.807, 2.05) is 30.3 Å². The number of hydrogen-bond acceptors (Lipinski definition) is 1. The summed E-state index contributed by atoms with van der Waals surface area (Å²) in [5.74, 6) is 0. The molecular formula is C11H9NO2. The fourth-order valence-electron chi connectivity index (χ4n) is 1.32. The van der Waals surface area contributed by atoms with Crippen LogP contribution in [0.4, 0.5) is 4.79 Å². The molecule has 14 heavy (non-hydrogen) atoms. The highest BCUT2D eigenvalue weighted by atomic mass is 16.4. The predicted octanol–water partition coefficient (Wildman–Crippen LogP) is 2.68. The summed E-state index contributed by atoms with van der Waals surface area (Å²) >= 11 is 0. The van der Waals surface area contributed by atoms with Gasteiger partial charge in [0.2, 0.25) is 0 Å². The van der Waals surface area contributed by atoms with Crippen LogP contribution in [0, 0.1) is 0 Å². The van der Waals surface area contributed by atoms with Gasteiger partial charge in [0.1, 0.15) is 0 Å². The summed E-state index contributed by atoms with van der Waals surface area (Å²) in [5, 5.41) is 8.71.